The van der Waals surface area contributed by atoms with Gasteiger partial charge in [-0.15, -0.1) is 0 Å². The Morgan fingerprint density at radius 3 is 2.33 bits per heavy atom. The lowest BCUT2D eigenvalue weighted by Gasteiger charge is -2.12. The van der Waals surface area contributed by atoms with Gasteiger partial charge in [0.1, 0.15) is 0 Å². The maximum absolute atomic E-state index is 12.6. The summed E-state index contributed by atoms with van der Waals surface area (Å²) in [5, 5.41) is 3.66. The van der Waals surface area contributed by atoms with Crippen LogP contribution in [0.5, 0.6) is 11.5 Å². The van der Waals surface area contributed by atoms with E-state index in [9.17, 15) is 4.79 Å². The fourth-order valence-electron chi connectivity index (χ4n) is 2.84. The van der Waals surface area contributed by atoms with E-state index in [0.29, 0.717) is 28.6 Å². The average molecular weight is 382 g/mol. The van der Waals surface area contributed by atoms with E-state index in [1.165, 1.54) is 0 Å². The van der Waals surface area contributed by atoms with Crippen molar-refractivity contribution in [2.75, 3.05) is 14.2 Å². The first-order valence-electron chi connectivity index (χ1n) is 8.46. The van der Waals surface area contributed by atoms with Crippen molar-refractivity contribution in [2.24, 2.45) is 0 Å². The molecular weight excluding hydrogens is 362 g/mol. The Bertz CT molecular complexity index is 939. The predicted molar refractivity (Wildman–Crippen MR) is 108 cm³/mol. The van der Waals surface area contributed by atoms with Crippen LogP contribution in [0.15, 0.2) is 66.7 Å². The number of nitrogens with one attached hydrogen (secondary N) is 1. The van der Waals surface area contributed by atoms with Crippen LogP contribution < -0.4 is 14.8 Å². The zero-order valence-corrected chi connectivity index (χ0v) is 15.9. The normalized spacial score (nSPS) is 10.3. The molecule has 0 saturated carbocycles. The zero-order valence-electron chi connectivity index (χ0n) is 15.2. The van der Waals surface area contributed by atoms with Crippen LogP contribution in [0.4, 0.5) is 0 Å². The topological polar surface area (TPSA) is 47.6 Å². The molecule has 5 heteroatoms. The van der Waals surface area contributed by atoms with Gasteiger partial charge in [-0.1, -0.05) is 48.0 Å². The van der Waals surface area contributed by atoms with Crippen LogP contribution in [0.2, 0.25) is 5.02 Å². The zero-order chi connectivity index (χ0) is 19.2. The highest BCUT2D eigenvalue weighted by molar-refractivity contribution is 6.30. The number of carbonyl (C=O) groups excluding carboxylic acids is 1. The molecule has 27 heavy (non-hydrogen) atoms. The summed E-state index contributed by atoms with van der Waals surface area (Å²) in [7, 11) is 3.10. The molecule has 1 amide bonds. The maximum Gasteiger partial charge on any atom is 0.251 e. The second-order valence-electron chi connectivity index (χ2n) is 5.92. The molecule has 0 aromatic heterocycles. The number of halogens is 1. The molecule has 0 fully saturated rings. The van der Waals surface area contributed by atoms with Crippen LogP contribution in [0, 0.1) is 0 Å². The highest BCUT2D eigenvalue weighted by Gasteiger charge is 2.12. The second kappa shape index (κ2) is 8.60. The van der Waals surface area contributed by atoms with Crippen LogP contribution in [-0.4, -0.2) is 20.1 Å². The summed E-state index contributed by atoms with van der Waals surface area (Å²) < 4.78 is 10.5. The Morgan fingerprint density at radius 2 is 1.63 bits per heavy atom. The highest BCUT2D eigenvalue weighted by atomic mass is 35.5. The van der Waals surface area contributed by atoms with Crippen LogP contribution in [0.1, 0.15) is 15.9 Å². The average Bonchev–Trinajstić information content (AvgIpc) is 2.72. The van der Waals surface area contributed by atoms with Crippen molar-refractivity contribution in [1.82, 2.24) is 5.32 Å². The molecule has 138 valence electrons. The van der Waals surface area contributed by atoms with Gasteiger partial charge < -0.3 is 14.8 Å². The van der Waals surface area contributed by atoms with E-state index in [2.05, 4.69) is 5.32 Å². The minimum atomic E-state index is -0.179. The first-order chi connectivity index (χ1) is 13.1. The van der Waals surface area contributed by atoms with Gasteiger partial charge >= 0.3 is 0 Å². The Hall–Kier alpha value is -2.98. The third kappa shape index (κ3) is 4.41. The number of carbonyl (C=O) groups is 1. The third-order valence-corrected chi connectivity index (χ3v) is 4.51. The molecule has 3 aromatic rings. The van der Waals surface area contributed by atoms with E-state index in [4.69, 9.17) is 21.1 Å². The summed E-state index contributed by atoms with van der Waals surface area (Å²) in [5.74, 6) is 0.927. The van der Waals surface area contributed by atoms with Crippen molar-refractivity contribution in [3.05, 3.63) is 82.9 Å². The van der Waals surface area contributed by atoms with Gasteiger partial charge in [-0.25, -0.2) is 0 Å². The molecule has 0 aliphatic heterocycles. The van der Waals surface area contributed by atoms with Gasteiger partial charge in [0, 0.05) is 17.1 Å². The van der Waals surface area contributed by atoms with E-state index in [-0.39, 0.29) is 5.91 Å². The number of rotatable bonds is 6. The molecule has 0 aliphatic rings. The lowest BCUT2D eigenvalue weighted by molar-refractivity contribution is 0.0950. The standard InChI is InChI=1S/C22H20ClNO3/c1-26-20-12-9-16(13-21(20)27-2)22(25)24-14-17-5-3-4-6-19(17)15-7-10-18(23)11-8-15/h3-13H,14H2,1-2H3,(H,24,25). The fraction of sp³-hybridized carbons (Fsp3) is 0.136. The molecule has 0 radical (unpaired) electrons. The van der Waals surface area contributed by atoms with Crippen molar-refractivity contribution in [2.45, 2.75) is 6.54 Å². The minimum absolute atomic E-state index is 0.179. The highest BCUT2D eigenvalue weighted by Crippen LogP contribution is 2.28. The number of benzene rings is 3. The molecule has 0 unspecified atom stereocenters. The largest absolute Gasteiger partial charge is 0.493 e. The van der Waals surface area contributed by atoms with E-state index in [1.807, 2.05) is 48.5 Å². The van der Waals surface area contributed by atoms with Crippen LogP contribution in [0.25, 0.3) is 11.1 Å². The molecule has 0 bridgehead atoms. The van der Waals surface area contributed by atoms with Gasteiger partial charge in [-0.2, -0.15) is 0 Å². The number of methoxy groups -OCH3 is 2. The molecule has 0 saturated heterocycles. The molecule has 3 aromatic carbocycles. The Kier molecular flexibility index (Phi) is 5.99. The van der Waals surface area contributed by atoms with Crippen LogP contribution >= 0.6 is 11.6 Å². The van der Waals surface area contributed by atoms with Crippen LogP contribution in [-0.2, 0) is 6.54 Å². The van der Waals surface area contributed by atoms with E-state index < -0.39 is 0 Å². The van der Waals surface area contributed by atoms with Gasteiger partial charge in [-0.3, -0.25) is 4.79 Å². The van der Waals surface area contributed by atoms with Gasteiger partial charge in [0.05, 0.1) is 14.2 Å². The summed E-state index contributed by atoms with van der Waals surface area (Å²) in [6, 6.07) is 20.7. The quantitative estimate of drug-likeness (QED) is 0.656. The first kappa shape index (κ1) is 18.8. The molecular formula is C22H20ClNO3. The van der Waals surface area contributed by atoms with E-state index >= 15 is 0 Å². The van der Waals surface area contributed by atoms with Crippen LogP contribution in [0.3, 0.4) is 0 Å². The Morgan fingerprint density at radius 1 is 0.926 bits per heavy atom. The summed E-state index contributed by atoms with van der Waals surface area (Å²) in [4.78, 5) is 12.6. The maximum atomic E-state index is 12.6. The summed E-state index contributed by atoms with van der Waals surface area (Å²) in [6.07, 6.45) is 0. The van der Waals surface area contributed by atoms with Gasteiger partial charge in [0.25, 0.3) is 5.91 Å². The SMILES string of the molecule is COc1ccc(C(=O)NCc2ccccc2-c2ccc(Cl)cc2)cc1OC. The Balaban J connectivity index is 1.77. The fourth-order valence-corrected chi connectivity index (χ4v) is 2.97. The van der Waals surface area contributed by atoms with Crippen molar-refractivity contribution in [3.63, 3.8) is 0 Å². The minimum Gasteiger partial charge on any atom is -0.493 e. The molecule has 3 rings (SSSR count). The van der Waals surface area contributed by atoms with Gasteiger partial charge in [0.15, 0.2) is 11.5 Å². The lowest BCUT2D eigenvalue weighted by atomic mass is 9.99. The summed E-state index contributed by atoms with van der Waals surface area (Å²) >= 11 is 5.98. The summed E-state index contributed by atoms with van der Waals surface area (Å²) in [6.45, 7) is 0.409. The van der Waals surface area contributed by atoms with Crippen molar-refractivity contribution in [1.29, 1.82) is 0 Å². The van der Waals surface area contributed by atoms with E-state index in [0.717, 1.165) is 16.7 Å². The van der Waals surface area contributed by atoms with E-state index in [1.54, 1.807) is 32.4 Å². The molecule has 1 N–H and O–H groups in total. The Labute approximate surface area is 163 Å². The monoisotopic (exact) mass is 381 g/mol. The van der Waals surface area contributed by atoms with Crippen molar-refractivity contribution < 1.29 is 14.3 Å². The molecule has 0 aliphatic carbocycles. The number of amides is 1. The summed E-state index contributed by atoms with van der Waals surface area (Å²) in [5.41, 5.74) is 3.64. The van der Waals surface area contributed by atoms with Crippen molar-refractivity contribution >= 4 is 17.5 Å². The lowest BCUT2D eigenvalue weighted by Crippen LogP contribution is -2.23. The third-order valence-electron chi connectivity index (χ3n) is 4.26. The number of ether oxygens (including phenoxy) is 2. The predicted octanol–water partition coefficient (Wildman–Crippen LogP) is 4.95. The first-order valence-corrected chi connectivity index (χ1v) is 8.84. The van der Waals surface area contributed by atoms with Gasteiger partial charge in [0.2, 0.25) is 0 Å². The molecule has 4 nitrogen and oxygen atoms in total. The second-order valence-corrected chi connectivity index (χ2v) is 6.35. The number of hydrogen-bond acceptors (Lipinski definition) is 3. The molecule has 0 atom stereocenters. The molecule has 0 heterocycles. The smallest absolute Gasteiger partial charge is 0.251 e. The van der Waals surface area contributed by atoms with Gasteiger partial charge in [-0.05, 0) is 47.0 Å². The molecule has 0 spiro atoms. The number of hydrogen-bond donors (Lipinski definition) is 1. The van der Waals surface area contributed by atoms with Crippen molar-refractivity contribution in [3.8, 4) is 22.6 Å².